The van der Waals surface area contributed by atoms with Crippen molar-refractivity contribution in [1.29, 1.82) is 0 Å². The lowest BCUT2D eigenvalue weighted by atomic mass is 10.1. The number of benzene rings is 1. The number of hydrogen-bond donors (Lipinski definition) is 1. The molecule has 6 nitrogen and oxygen atoms in total. The molecule has 0 aliphatic carbocycles. The fraction of sp³-hybridized carbons (Fsp3) is 0.231. The summed E-state index contributed by atoms with van der Waals surface area (Å²) in [6, 6.07) is 1.24. The van der Waals surface area contributed by atoms with E-state index >= 15 is 0 Å². The highest BCUT2D eigenvalue weighted by molar-refractivity contribution is 5.61. The van der Waals surface area contributed by atoms with Gasteiger partial charge in [0.25, 0.3) is 0 Å². The Bertz CT molecular complexity index is 720. The van der Waals surface area contributed by atoms with E-state index in [0.29, 0.717) is 11.3 Å². The molecule has 0 fully saturated rings. The molecule has 0 amide bonds. The van der Waals surface area contributed by atoms with Crippen LogP contribution in [0.5, 0.6) is 0 Å². The van der Waals surface area contributed by atoms with Crippen LogP contribution >= 0.6 is 0 Å². The maximum Gasteiger partial charge on any atom is 0.305 e. The predicted molar refractivity (Wildman–Crippen MR) is 71.4 cm³/mol. The molecule has 0 spiro atoms. The van der Waals surface area contributed by atoms with Gasteiger partial charge in [0.1, 0.15) is 5.82 Å². The van der Waals surface area contributed by atoms with Gasteiger partial charge in [0.15, 0.2) is 5.82 Å². The molecule has 0 saturated heterocycles. The molecule has 2 rings (SSSR count). The summed E-state index contributed by atoms with van der Waals surface area (Å²) in [6.07, 6.45) is 1.36. The van der Waals surface area contributed by atoms with Crippen molar-refractivity contribution in [1.82, 2.24) is 9.97 Å². The van der Waals surface area contributed by atoms with Crippen molar-refractivity contribution in [3.63, 3.8) is 0 Å². The Morgan fingerprint density at radius 1 is 1.38 bits per heavy atom. The molecule has 2 aromatic rings. The molecule has 2 N–H and O–H groups in total. The fourth-order valence-electron chi connectivity index (χ4n) is 1.93. The Balaban J connectivity index is 2.64. The number of nitro groups is 1. The monoisotopic (exact) mass is 294 g/mol. The van der Waals surface area contributed by atoms with E-state index in [4.69, 9.17) is 5.73 Å². The molecule has 0 bridgehead atoms. The number of nitrogens with zero attached hydrogens (tertiary/aromatic N) is 3. The third-order valence-corrected chi connectivity index (χ3v) is 3.00. The van der Waals surface area contributed by atoms with Gasteiger partial charge in [-0.25, -0.2) is 14.4 Å². The van der Waals surface area contributed by atoms with Gasteiger partial charge in [-0.3, -0.25) is 10.1 Å². The van der Waals surface area contributed by atoms with Crippen molar-refractivity contribution in [3.05, 3.63) is 51.3 Å². The van der Waals surface area contributed by atoms with Gasteiger partial charge in [-0.2, -0.15) is 4.39 Å². The number of rotatable bonds is 3. The average molecular weight is 294 g/mol. The van der Waals surface area contributed by atoms with Crippen LogP contribution in [0.4, 0.5) is 14.5 Å². The van der Waals surface area contributed by atoms with E-state index in [1.54, 1.807) is 13.8 Å². The Hall–Kier alpha value is -2.48. The Labute approximate surface area is 118 Å². The maximum absolute atomic E-state index is 14.1. The first-order chi connectivity index (χ1) is 9.82. The first-order valence-corrected chi connectivity index (χ1v) is 6.04. The van der Waals surface area contributed by atoms with Crippen LogP contribution in [0.25, 0.3) is 11.4 Å². The second kappa shape index (κ2) is 5.49. The van der Waals surface area contributed by atoms with Crippen LogP contribution in [0.1, 0.15) is 24.2 Å². The average Bonchev–Trinajstić information content (AvgIpc) is 2.37. The van der Waals surface area contributed by atoms with Gasteiger partial charge in [-0.05, 0) is 19.9 Å². The molecule has 0 unspecified atom stereocenters. The minimum Gasteiger partial charge on any atom is -0.324 e. The molecule has 0 radical (unpaired) electrons. The molecule has 110 valence electrons. The quantitative estimate of drug-likeness (QED) is 0.693. The molecule has 0 saturated carbocycles. The number of hydrogen-bond acceptors (Lipinski definition) is 5. The predicted octanol–water partition coefficient (Wildman–Crippen LogP) is 2.66. The van der Waals surface area contributed by atoms with Gasteiger partial charge >= 0.3 is 5.69 Å². The number of aryl methyl sites for hydroxylation is 1. The lowest BCUT2D eigenvalue weighted by Crippen LogP contribution is -2.10. The molecule has 21 heavy (non-hydrogen) atoms. The lowest BCUT2D eigenvalue weighted by Gasteiger charge is -2.10. The van der Waals surface area contributed by atoms with Crippen molar-refractivity contribution >= 4 is 5.69 Å². The normalized spacial score (nSPS) is 12.2. The van der Waals surface area contributed by atoms with Crippen LogP contribution in [-0.2, 0) is 0 Å². The SMILES string of the molecule is Cc1nc(-c2c(F)ccc([N+](=O)[O-])c2F)ncc1[C@@H](C)N. The summed E-state index contributed by atoms with van der Waals surface area (Å²) < 4.78 is 27.9. The first-order valence-electron chi connectivity index (χ1n) is 6.04. The smallest absolute Gasteiger partial charge is 0.305 e. The molecular formula is C13H12F2N4O2. The van der Waals surface area contributed by atoms with Crippen molar-refractivity contribution in [2.45, 2.75) is 19.9 Å². The minimum absolute atomic E-state index is 0.254. The standard InChI is InChI=1S/C13H12F2N4O2/c1-6(16)8-5-17-13(18-7(8)2)11-9(14)3-4-10(12(11)15)19(20)21/h3-6H,16H2,1-2H3/t6-/m1/s1. The fourth-order valence-corrected chi connectivity index (χ4v) is 1.93. The maximum atomic E-state index is 14.1. The molecule has 1 atom stereocenters. The van der Waals surface area contributed by atoms with E-state index in [2.05, 4.69) is 9.97 Å². The molecule has 1 heterocycles. The van der Waals surface area contributed by atoms with Crippen LogP contribution in [0.15, 0.2) is 18.3 Å². The first kappa shape index (κ1) is 14.9. The van der Waals surface area contributed by atoms with Crippen molar-refractivity contribution in [2.24, 2.45) is 5.73 Å². The van der Waals surface area contributed by atoms with Crippen LogP contribution in [0, 0.1) is 28.7 Å². The number of nitro benzene ring substituents is 1. The van der Waals surface area contributed by atoms with Crippen LogP contribution in [-0.4, -0.2) is 14.9 Å². The van der Waals surface area contributed by atoms with E-state index in [1.165, 1.54) is 6.20 Å². The summed E-state index contributed by atoms with van der Waals surface area (Å²) in [7, 11) is 0. The summed E-state index contributed by atoms with van der Waals surface area (Å²) in [5, 5.41) is 10.7. The highest BCUT2D eigenvalue weighted by Crippen LogP contribution is 2.30. The van der Waals surface area contributed by atoms with E-state index in [1.807, 2.05) is 0 Å². The topological polar surface area (TPSA) is 94.9 Å². The number of aromatic nitrogens is 2. The summed E-state index contributed by atoms with van der Waals surface area (Å²) in [5.41, 5.74) is 5.35. The van der Waals surface area contributed by atoms with Gasteiger partial charge in [-0.15, -0.1) is 0 Å². The largest absolute Gasteiger partial charge is 0.324 e. The van der Waals surface area contributed by atoms with Gasteiger partial charge in [0, 0.05) is 29.6 Å². The number of halogens is 2. The van der Waals surface area contributed by atoms with E-state index in [-0.39, 0.29) is 11.9 Å². The third kappa shape index (κ3) is 2.70. The minimum atomic E-state index is -1.30. The van der Waals surface area contributed by atoms with Crippen molar-refractivity contribution in [3.8, 4) is 11.4 Å². The van der Waals surface area contributed by atoms with Crippen LogP contribution in [0.3, 0.4) is 0 Å². The Morgan fingerprint density at radius 2 is 2.05 bits per heavy atom. The van der Waals surface area contributed by atoms with Crippen molar-refractivity contribution < 1.29 is 13.7 Å². The van der Waals surface area contributed by atoms with Crippen molar-refractivity contribution in [2.75, 3.05) is 0 Å². The van der Waals surface area contributed by atoms with E-state index in [9.17, 15) is 18.9 Å². The lowest BCUT2D eigenvalue weighted by molar-refractivity contribution is -0.387. The zero-order valence-corrected chi connectivity index (χ0v) is 11.3. The molecule has 0 aliphatic rings. The van der Waals surface area contributed by atoms with Gasteiger partial charge in [-0.1, -0.05) is 0 Å². The highest BCUT2D eigenvalue weighted by atomic mass is 19.1. The summed E-state index contributed by atoms with van der Waals surface area (Å²) >= 11 is 0. The van der Waals surface area contributed by atoms with Gasteiger partial charge in [0.2, 0.25) is 5.82 Å². The molecule has 8 heteroatoms. The summed E-state index contributed by atoms with van der Waals surface area (Å²) in [4.78, 5) is 17.6. The Morgan fingerprint density at radius 3 is 2.57 bits per heavy atom. The zero-order valence-electron chi connectivity index (χ0n) is 11.3. The second-order valence-electron chi connectivity index (χ2n) is 4.54. The molecule has 0 aliphatic heterocycles. The summed E-state index contributed by atoms with van der Waals surface area (Å²) in [6.45, 7) is 3.34. The van der Waals surface area contributed by atoms with E-state index in [0.717, 1.165) is 12.1 Å². The third-order valence-electron chi connectivity index (χ3n) is 3.00. The molecule has 1 aromatic heterocycles. The Kier molecular flexibility index (Phi) is 3.90. The van der Waals surface area contributed by atoms with Crippen LogP contribution < -0.4 is 5.73 Å². The molecule has 1 aromatic carbocycles. The summed E-state index contributed by atoms with van der Waals surface area (Å²) in [5.74, 6) is -2.52. The van der Waals surface area contributed by atoms with E-state index < -0.39 is 27.8 Å². The number of nitrogens with two attached hydrogens (primary N) is 1. The van der Waals surface area contributed by atoms with Crippen LogP contribution in [0.2, 0.25) is 0 Å². The molecular weight excluding hydrogens is 282 g/mol. The van der Waals surface area contributed by atoms with Gasteiger partial charge in [0.05, 0.1) is 10.5 Å². The zero-order chi connectivity index (χ0) is 15.7. The highest BCUT2D eigenvalue weighted by Gasteiger charge is 2.24. The second-order valence-corrected chi connectivity index (χ2v) is 4.54. The van der Waals surface area contributed by atoms with Gasteiger partial charge < -0.3 is 5.73 Å².